The first-order valence-corrected chi connectivity index (χ1v) is 5.52. The van der Waals surface area contributed by atoms with Gasteiger partial charge in [0, 0.05) is 11.5 Å². The molecule has 2 aromatic heterocycles. The maximum absolute atomic E-state index is 5.41. The minimum Gasteiger partial charge on any atom is -0.374 e. The fourth-order valence-corrected chi connectivity index (χ4v) is 1.67. The molecule has 0 amide bonds. The molecule has 0 aromatic carbocycles. The standard InChI is InChI=1S/C3H3ClN2S.C3H5N3S/c2*1-2-5-3(4)7-6-2/h1H3;1H3,(H2,4,5,6). The van der Waals surface area contributed by atoms with Crippen LogP contribution < -0.4 is 5.73 Å². The predicted octanol–water partition coefficient (Wildman–Crippen LogP) is 1.93. The Bertz CT molecular complexity index is 327. The third-order valence-corrected chi connectivity index (χ3v) is 2.57. The summed E-state index contributed by atoms with van der Waals surface area (Å²) in [4.78, 5) is 7.58. The van der Waals surface area contributed by atoms with Crippen LogP contribution in [0.5, 0.6) is 0 Å². The van der Waals surface area contributed by atoms with Crippen molar-refractivity contribution < 1.29 is 0 Å². The molecular weight excluding hydrogens is 242 g/mol. The minimum atomic E-state index is 0.512. The molecule has 0 bridgehead atoms. The Morgan fingerprint density at radius 1 is 1.07 bits per heavy atom. The SMILES string of the molecule is Cc1nsc(Cl)n1.Cc1nsc(N)n1. The number of aryl methyl sites for hydroxylation is 2. The highest BCUT2D eigenvalue weighted by atomic mass is 35.5. The number of anilines is 1. The first-order valence-electron chi connectivity index (χ1n) is 3.59. The van der Waals surface area contributed by atoms with E-state index >= 15 is 0 Å². The second kappa shape index (κ2) is 5.18. The van der Waals surface area contributed by atoms with Crippen molar-refractivity contribution in [2.75, 3.05) is 5.73 Å². The van der Waals surface area contributed by atoms with Crippen LogP contribution in [0.15, 0.2) is 0 Å². The Morgan fingerprint density at radius 2 is 1.64 bits per heavy atom. The monoisotopic (exact) mass is 249 g/mol. The van der Waals surface area contributed by atoms with Crippen LogP contribution in [-0.2, 0) is 0 Å². The van der Waals surface area contributed by atoms with Gasteiger partial charge in [-0.05, 0) is 37.0 Å². The molecule has 0 spiro atoms. The second-order valence-electron chi connectivity index (χ2n) is 2.27. The van der Waals surface area contributed by atoms with Crippen molar-refractivity contribution in [3.63, 3.8) is 0 Å². The summed E-state index contributed by atoms with van der Waals surface area (Å²) in [5.41, 5.74) is 5.22. The van der Waals surface area contributed by atoms with Gasteiger partial charge < -0.3 is 5.73 Å². The molecule has 0 unspecified atom stereocenters. The van der Waals surface area contributed by atoms with Gasteiger partial charge in [-0.2, -0.15) is 8.75 Å². The van der Waals surface area contributed by atoms with Crippen molar-refractivity contribution in [2.24, 2.45) is 0 Å². The molecule has 0 saturated heterocycles. The summed E-state index contributed by atoms with van der Waals surface area (Å²) in [7, 11) is 0. The highest BCUT2D eigenvalue weighted by Crippen LogP contribution is 2.08. The molecule has 0 saturated carbocycles. The highest BCUT2D eigenvalue weighted by molar-refractivity contribution is 7.10. The summed E-state index contributed by atoms with van der Waals surface area (Å²) in [5.74, 6) is 1.50. The molecule has 0 fully saturated rings. The van der Waals surface area contributed by atoms with E-state index in [1.807, 2.05) is 13.8 Å². The molecule has 5 nitrogen and oxygen atoms in total. The lowest BCUT2D eigenvalue weighted by atomic mass is 10.8. The Labute approximate surface area is 94.3 Å². The minimum absolute atomic E-state index is 0.512. The van der Waals surface area contributed by atoms with E-state index in [-0.39, 0.29) is 0 Å². The Balaban J connectivity index is 0.000000140. The molecule has 14 heavy (non-hydrogen) atoms. The van der Waals surface area contributed by atoms with Crippen molar-refractivity contribution in [1.82, 2.24) is 18.7 Å². The number of nitrogens with two attached hydrogens (primary N) is 1. The van der Waals surface area contributed by atoms with Gasteiger partial charge in [0.15, 0.2) is 5.13 Å². The van der Waals surface area contributed by atoms with Gasteiger partial charge in [-0.25, -0.2) is 9.97 Å². The predicted molar refractivity (Wildman–Crippen MR) is 58.7 cm³/mol. The van der Waals surface area contributed by atoms with Gasteiger partial charge in [-0.15, -0.1) is 0 Å². The fourth-order valence-electron chi connectivity index (χ4n) is 0.585. The molecule has 0 aliphatic rings. The molecule has 2 rings (SSSR count). The number of hydrogen-bond acceptors (Lipinski definition) is 7. The molecule has 8 heteroatoms. The quantitative estimate of drug-likeness (QED) is 0.772. The Morgan fingerprint density at radius 3 is 1.79 bits per heavy atom. The van der Waals surface area contributed by atoms with Crippen LogP contribution in [0.2, 0.25) is 4.47 Å². The molecule has 0 aliphatic heterocycles. The number of nitrogens with zero attached hydrogens (tertiary/aromatic N) is 4. The number of halogens is 1. The van der Waals surface area contributed by atoms with Crippen LogP contribution >= 0.6 is 34.7 Å². The van der Waals surface area contributed by atoms with Crippen LogP contribution in [0.4, 0.5) is 5.13 Å². The van der Waals surface area contributed by atoms with Crippen molar-refractivity contribution in [3.05, 3.63) is 16.1 Å². The first-order chi connectivity index (χ1) is 6.58. The van der Waals surface area contributed by atoms with E-state index < -0.39 is 0 Å². The lowest BCUT2D eigenvalue weighted by Crippen LogP contribution is -1.80. The summed E-state index contributed by atoms with van der Waals surface area (Å²) < 4.78 is 8.15. The average Bonchev–Trinajstić information content (AvgIpc) is 2.63. The third-order valence-electron chi connectivity index (χ3n) is 1.05. The van der Waals surface area contributed by atoms with E-state index in [0.717, 1.165) is 11.6 Å². The molecular formula is C6H8ClN5S2. The van der Waals surface area contributed by atoms with Gasteiger partial charge in [-0.1, -0.05) is 0 Å². The van der Waals surface area contributed by atoms with Crippen molar-refractivity contribution >= 4 is 39.8 Å². The maximum atomic E-state index is 5.41. The van der Waals surface area contributed by atoms with E-state index in [2.05, 4.69) is 18.7 Å². The van der Waals surface area contributed by atoms with E-state index in [1.54, 1.807) is 0 Å². The van der Waals surface area contributed by atoms with Crippen molar-refractivity contribution in [2.45, 2.75) is 13.8 Å². The van der Waals surface area contributed by atoms with Crippen LogP contribution in [0.1, 0.15) is 11.6 Å². The van der Waals surface area contributed by atoms with Crippen molar-refractivity contribution in [3.8, 4) is 0 Å². The summed E-state index contributed by atoms with van der Waals surface area (Å²) in [6.07, 6.45) is 0. The summed E-state index contributed by atoms with van der Waals surface area (Å²) in [6.45, 7) is 3.62. The zero-order valence-electron chi connectivity index (χ0n) is 7.56. The largest absolute Gasteiger partial charge is 0.374 e. The van der Waals surface area contributed by atoms with Crippen LogP contribution in [0, 0.1) is 13.8 Å². The highest BCUT2D eigenvalue weighted by Gasteiger charge is 1.90. The zero-order valence-corrected chi connectivity index (χ0v) is 9.95. The molecule has 0 aliphatic carbocycles. The fraction of sp³-hybridized carbons (Fsp3) is 0.333. The van der Waals surface area contributed by atoms with Crippen molar-refractivity contribution in [1.29, 1.82) is 0 Å². The Hall–Kier alpha value is -0.790. The molecule has 0 radical (unpaired) electrons. The van der Waals surface area contributed by atoms with E-state index in [0.29, 0.717) is 9.60 Å². The maximum Gasteiger partial charge on any atom is 0.203 e. The summed E-state index contributed by atoms with van der Waals surface area (Å²) in [6, 6.07) is 0. The van der Waals surface area contributed by atoms with Gasteiger partial charge in [0.2, 0.25) is 4.47 Å². The number of rotatable bonds is 0. The number of nitrogen functional groups attached to an aromatic ring is 1. The first kappa shape index (κ1) is 11.3. The lowest BCUT2D eigenvalue weighted by Gasteiger charge is -1.68. The summed E-state index contributed by atoms with van der Waals surface area (Å²) in [5, 5.41) is 0.539. The number of aromatic nitrogens is 4. The smallest absolute Gasteiger partial charge is 0.203 e. The van der Waals surface area contributed by atoms with Crippen LogP contribution in [0.25, 0.3) is 0 Å². The average molecular weight is 250 g/mol. The molecule has 2 aromatic rings. The second-order valence-corrected chi connectivity index (χ2v) is 4.39. The molecule has 2 heterocycles. The zero-order chi connectivity index (χ0) is 10.6. The van der Waals surface area contributed by atoms with Gasteiger partial charge in [0.25, 0.3) is 0 Å². The van der Waals surface area contributed by atoms with E-state index in [4.69, 9.17) is 17.3 Å². The van der Waals surface area contributed by atoms with Gasteiger partial charge in [-0.3, -0.25) is 0 Å². The lowest BCUT2D eigenvalue weighted by molar-refractivity contribution is 1.17. The molecule has 2 N–H and O–H groups in total. The molecule has 0 atom stereocenters. The third kappa shape index (κ3) is 3.95. The van der Waals surface area contributed by atoms with Gasteiger partial charge in [0.1, 0.15) is 11.6 Å². The van der Waals surface area contributed by atoms with Gasteiger partial charge >= 0.3 is 0 Å². The molecule has 76 valence electrons. The van der Waals surface area contributed by atoms with E-state index in [9.17, 15) is 0 Å². The Kier molecular flexibility index (Phi) is 4.18. The number of hydrogen-bond donors (Lipinski definition) is 1. The van der Waals surface area contributed by atoms with E-state index in [1.165, 1.54) is 23.1 Å². The topological polar surface area (TPSA) is 77.6 Å². The summed E-state index contributed by atoms with van der Waals surface area (Å²) >= 11 is 7.84. The van der Waals surface area contributed by atoms with Crippen LogP contribution in [-0.4, -0.2) is 18.7 Å². The van der Waals surface area contributed by atoms with Gasteiger partial charge in [0.05, 0.1) is 0 Å². The normalized spacial score (nSPS) is 9.36. The van der Waals surface area contributed by atoms with Crippen LogP contribution in [0.3, 0.4) is 0 Å².